The van der Waals surface area contributed by atoms with Gasteiger partial charge in [0.05, 0.1) is 10.0 Å². The molecule has 0 unspecified atom stereocenters. The fourth-order valence-corrected chi connectivity index (χ4v) is 2.29. The first-order valence-corrected chi connectivity index (χ1v) is 7.64. The molecule has 0 heterocycles. The quantitative estimate of drug-likeness (QED) is 0.714. The highest BCUT2D eigenvalue weighted by Crippen LogP contribution is 2.22. The Morgan fingerprint density at radius 3 is 2.32 bits per heavy atom. The third-order valence-corrected chi connectivity index (χ3v) is 3.84. The molecule has 4 heteroatoms. The highest BCUT2D eigenvalue weighted by molar-refractivity contribution is 9.10. The Balaban J connectivity index is 2.87. The highest BCUT2D eigenvalue weighted by atomic mass is 79.9. The summed E-state index contributed by atoms with van der Waals surface area (Å²) in [6.07, 6.45) is 4.03. The molecule has 0 spiro atoms. The standard InChI is InChI=1S/C15H21BrFNO/c1-3-5-10-18(11-6-4-2)15(19)12-8-7-9-13(17)14(12)16/h7-9H,3-6,10-11H2,1-2H3. The van der Waals surface area contributed by atoms with Crippen LogP contribution in [0.25, 0.3) is 0 Å². The molecule has 0 fully saturated rings. The van der Waals surface area contributed by atoms with Gasteiger partial charge in [0.1, 0.15) is 5.82 Å². The molecule has 1 aromatic rings. The van der Waals surface area contributed by atoms with Crippen molar-refractivity contribution in [2.45, 2.75) is 39.5 Å². The number of hydrogen-bond acceptors (Lipinski definition) is 1. The Morgan fingerprint density at radius 1 is 1.21 bits per heavy atom. The molecule has 0 saturated heterocycles. The van der Waals surface area contributed by atoms with E-state index in [2.05, 4.69) is 29.8 Å². The monoisotopic (exact) mass is 329 g/mol. The molecule has 1 rings (SSSR count). The molecule has 0 atom stereocenters. The van der Waals surface area contributed by atoms with E-state index in [1.54, 1.807) is 12.1 Å². The topological polar surface area (TPSA) is 20.3 Å². The summed E-state index contributed by atoms with van der Waals surface area (Å²) in [6.45, 7) is 5.66. The van der Waals surface area contributed by atoms with Crippen LogP contribution in [-0.4, -0.2) is 23.9 Å². The fourth-order valence-electron chi connectivity index (χ4n) is 1.85. The minimum atomic E-state index is -0.392. The van der Waals surface area contributed by atoms with E-state index in [1.165, 1.54) is 6.07 Å². The molecule has 0 aliphatic heterocycles. The maximum atomic E-state index is 13.5. The van der Waals surface area contributed by atoms with Crippen LogP contribution in [0, 0.1) is 5.82 Å². The number of benzene rings is 1. The molecule has 0 radical (unpaired) electrons. The van der Waals surface area contributed by atoms with Gasteiger partial charge in [-0.15, -0.1) is 0 Å². The van der Waals surface area contributed by atoms with Crippen LogP contribution >= 0.6 is 15.9 Å². The number of carbonyl (C=O) groups is 1. The van der Waals surface area contributed by atoms with Crippen molar-refractivity contribution in [1.82, 2.24) is 4.90 Å². The smallest absolute Gasteiger partial charge is 0.255 e. The molecule has 0 aromatic heterocycles. The zero-order chi connectivity index (χ0) is 14.3. The molecule has 106 valence electrons. The van der Waals surface area contributed by atoms with Gasteiger partial charge in [0, 0.05) is 13.1 Å². The third-order valence-electron chi connectivity index (χ3n) is 3.03. The van der Waals surface area contributed by atoms with Crippen molar-refractivity contribution >= 4 is 21.8 Å². The first-order chi connectivity index (χ1) is 9.11. The lowest BCUT2D eigenvalue weighted by Gasteiger charge is -2.23. The highest BCUT2D eigenvalue weighted by Gasteiger charge is 2.18. The van der Waals surface area contributed by atoms with Crippen molar-refractivity contribution < 1.29 is 9.18 Å². The van der Waals surface area contributed by atoms with Crippen molar-refractivity contribution in [2.75, 3.05) is 13.1 Å². The fraction of sp³-hybridized carbons (Fsp3) is 0.533. The molecule has 19 heavy (non-hydrogen) atoms. The minimum Gasteiger partial charge on any atom is -0.339 e. The Labute approximate surface area is 123 Å². The van der Waals surface area contributed by atoms with Crippen molar-refractivity contribution in [3.63, 3.8) is 0 Å². The first-order valence-electron chi connectivity index (χ1n) is 6.85. The zero-order valence-corrected chi connectivity index (χ0v) is 13.2. The SMILES string of the molecule is CCCCN(CCCC)C(=O)c1cccc(F)c1Br. The van der Waals surface area contributed by atoms with E-state index in [-0.39, 0.29) is 10.4 Å². The normalized spacial score (nSPS) is 10.5. The van der Waals surface area contributed by atoms with Gasteiger partial charge in [-0.05, 0) is 40.9 Å². The Morgan fingerprint density at radius 2 is 1.79 bits per heavy atom. The lowest BCUT2D eigenvalue weighted by atomic mass is 10.1. The summed E-state index contributed by atoms with van der Waals surface area (Å²) in [6, 6.07) is 4.59. The molecule has 0 N–H and O–H groups in total. The number of carbonyl (C=O) groups excluding carboxylic acids is 1. The summed E-state index contributed by atoms with van der Waals surface area (Å²) in [5.74, 6) is -0.481. The van der Waals surface area contributed by atoms with Gasteiger partial charge in [-0.1, -0.05) is 32.8 Å². The number of hydrogen-bond donors (Lipinski definition) is 0. The number of amides is 1. The second-order valence-corrected chi connectivity index (χ2v) is 5.39. The van der Waals surface area contributed by atoms with Crippen molar-refractivity contribution in [3.05, 3.63) is 34.1 Å². The van der Waals surface area contributed by atoms with Gasteiger partial charge in [0.2, 0.25) is 0 Å². The summed E-state index contributed by atoms with van der Waals surface area (Å²) in [5.41, 5.74) is 0.409. The second kappa shape index (κ2) is 8.31. The van der Waals surface area contributed by atoms with Gasteiger partial charge in [-0.25, -0.2) is 4.39 Å². The summed E-state index contributed by atoms with van der Waals surface area (Å²) < 4.78 is 13.8. The predicted octanol–water partition coefficient (Wildman–Crippen LogP) is 4.63. The predicted molar refractivity (Wildman–Crippen MR) is 79.8 cm³/mol. The lowest BCUT2D eigenvalue weighted by molar-refractivity contribution is 0.0749. The van der Waals surface area contributed by atoms with Crippen LogP contribution in [0.15, 0.2) is 22.7 Å². The number of nitrogens with zero attached hydrogens (tertiary/aromatic N) is 1. The second-order valence-electron chi connectivity index (χ2n) is 4.60. The van der Waals surface area contributed by atoms with Crippen molar-refractivity contribution in [2.24, 2.45) is 0 Å². The maximum Gasteiger partial charge on any atom is 0.255 e. The van der Waals surface area contributed by atoms with E-state index >= 15 is 0 Å². The Bertz CT molecular complexity index is 415. The minimum absolute atomic E-state index is 0.0896. The van der Waals surface area contributed by atoms with Crippen molar-refractivity contribution in [1.29, 1.82) is 0 Å². The van der Waals surface area contributed by atoms with Crippen LogP contribution in [0.2, 0.25) is 0 Å². The van der Waals surface area contributed by atoms with Gasteiger partial charge in [-0.2, -0.15) is 0 Å². The molecule has 0 bridgehead atoms. The van der Waals surface area contributed by atoms with Crippen LogP contribution in [-0.2, 0) is 0 Å². The lowest BCUT2D eigenvalue weighted by Crippen LogP contribution is -2.33. The van der Waals surface area contributed by atoms with Crippen LogP contribution in [0.3, 0.4) is 0 Å². The molecule has 0 saturated carbocycles. The van der Waals surface area contributed by atoms with E-state index in [1.807, 2.05) is 4.90 Å². The molecule has 0 aliphatic rings. The van der Waals surface area contributed by atoms with Gasteiger partial charge >= 0.3 is 0 Å². The molecular weight excluding hydrogens is 309 g/mol. The van der Waals surface area contributed by atoms with E-state index < -0.39 is 5.82 Å². The number of rotatable bonds is 7. The summed E-state index contributed by atoms with van der Waals surface area (Å²) in [5, 5.41) is 0. The van der Waals surface area contributed by atoms with E-state index in [4.69, 9.17) is 0 Å². The zero-order valence-electron chi connectivity index (χ0n) is 11.6. The summed E-state index contributed by atoms with van der Waals surface area (Å²) in [4.78, 5) is 14.3. The van der Waals surface area contributed by atoms with E-state index in [0.29, 0.717) is 5.56 Å². The maximum absolute atomic E-state index is 13.5. The van der Waals surface area contributed by atoms with Gasteiger partial charge in [0.25, 0.3) is 5.91 Å². The van der Waals surface area contributed by atoms with E-state index in [9.17, 15) is 9.18 Å². The van der Waals surface area contributed by atoms with E-state index in [0.717, 1.165) is 38.8 Å². The average molecular weight is 330 g/mol. The largest absolute Gasteiger partial charge is 0.339 e. The molecule has 2 nitrogen and oxygen atoms in total. The molecule has 0 aliphatic carbocycles. The Kier molecular flexibility index (Phi) is 7.06. The Hall–Kier alpha value is -0.900. The van der Waals surface area contributed by atoms with Crippen LogP contribution in [0.1, 0.15) is 49.9 Å². The van der Waals surface area contributed by atoms with Crippen molar-refractivity contribution in [3.8, 4) is 0 Å². The van der Waals surface area contributed by atoms with Crippen LogP contribution in [0.4, 0.5) is 4.39 Å². The average Bonchev–Trinajstić information content (AvgIpc) is 2.41. The van der Waals surface area contributed by atoms with Crippen LogP contribution < -0.4 is 0 Å². The molecule has 1 aromatic carbocycles. The molecular formula is C15H21BrFNO. The third kappa shape index (κ3) is 4.60. The summed E-state index contributed by atoms with van der Waals surface area (Å²) >= 11 is 3.16. The van der Waals surface area contributed by atoms with Gasteiger partial charge in [0.15, 0.2) is 0 Å². The van der Waals surface area contributed by atoms with Crippen LogP contribution in [0.5, 0.6) is 0 Å². The van der Waals surface area contributed by atoms with Gasteiger partial charge in [-0.3, -0.25) is 4.79 Å². The number of unbranched alkanes of at least 4 members (excludes halogenated alkanes) is 2. The first kappa shape index (κ1) is 16.2. The number of halogens is 2. The van der Waals surface area contributed by atoms with Gasteiger partial charge < -0.3 is 4.90 Å². The summed E-state index contributed by atoms with van der Waals surface area (Å²) in [7, 11) is 0. The molecule has 1 amide bonds.